The van der Waals surface area contributed by atoms with Gasteiger partial charge in [0, 0.05) is 24.7 Å². The second-order valence-electron chi connectivity index (χ2n) is 9.60. The smallest absolute Gasteiger partial charge is 0.267 e. The Kier molecular flexibility index (Phi) is 8.30. The minimum Gasteiger partial charge on any atom is -0.489 e. The predicted octanol–water partition coefficient (Wildman–Crippen LogP) is 2.92. The molecular weight excluding hydrogens is 442 g/mol. The van der Waals surface area contributed by atoms with Gasteiger partial charge in [-0.05, 0) is 56.9 Å². The molecule has 1 aliphatic rings. The Hall–Kier alpha value is -3.65. The van der Waals surface area contributed by atoms with Gasteiger partial charge in [-0.1, -0.05) is 43.0 Å². The van der Waals surface area contributed by atoms with E-state index in [-0.39, 0.29) is 23.8 Å². The van der Waals surface area contributed by atoms with E-state index in [2.05, 4.69) is 22.4 Å². The summed E-state index contributed by atoms with van der Waals surface area (Å²) in [6.45, 7) is 9.53. The van der Waals surface area contributed by atoms with Crippen LogP contribution in [0.1, 0.15) is 38.3 Å². The summed E-state index contributed by atoms with van der Waals surface area (Å²) in [5.74, 6) is -0.127. The van der Waals surface area contributed by atoms with E-state index >= 15 is 0 Å². The van der Waals surface area contributed by atoms with Crippen LogP contribution in [0.25, 0.3) is 0 Å². The first-order chi connectivity index (χ1) is 16.5. The molecule has 2 aromatic rings. The lowest BCUT2D eigenvalue weighted by Gasteiger charge is -2.21. The summed E-state index contributed by atoms with van der Waals surface area (Å²) in [7, 11) is 1.68. The van der Waals surface area contributed by atoms with Crippen molar-refractivity contribution in [2.75, 3.05) is 18.6 Å². The van der Waals surface area contributed by atoms with Crippen LogP contribution in [0.15, 0.2) is 65.9 Å². The van der Waals surface area contributed by atoms with E-state index < -0.39 is 11.9 Å². The lowest BCUT2D eigenvalue weighted by Crippen LogP contribution is -2.51. The highest BCUT2D eigenvalue weighted by molar-refractivity contribution is 6.38. The molecule has 1 aliphatic heterocycles. The third-order valence-corrected chi connectivity index (χ3v) is 5.75. The molecule has 2 aromatic carbocycles. The number of anilines is 1. The molecule has 8 heteroatoms. The monoisotopic (exact) mass is 477 g/mol. The zero-order valence-corrected chi connectivity index (χ0v) is 20.9. The molecule has 35 heavy (non-hydrogen) atoms. The van der Waals surface area contributed by atoms with Gasteiger partial charge in [-0.15, -0.1) is 0 Å². The maximum atomic E-state index is 13.1. The van der Waals surface area contributed by atoms with Gasteiger partial charge in [0.1, 0.15) is 24.1 Å². The van der Waals surface area contributed by atoms with E-state index in [9.17, 15) is 9.59 Å². The number of allylic oxidation sites excluding steroid dienone is 1. The number of nitrogens with one attached hydrogen (secondary N) is 2. The van der Waals surface area contributed by atoms with Crippen molar-refractivity contribution >= 4 is 23.2 Å². The number of carbonyl (C=O) groups excluding carboxylic acids is 2. The van der Waals surface area contributed by atoms with Crippen molar-refractivity contribution in [1.82, 2.24) is 10.7 Å². The topological polar surface area (TPSA) is 109 Å². The van der Waals surface area contributed by atoms with Crippen LogP contribution < -0.4 is 26.1 Å². The first-order valence-electron chi connectivity index (χ1n) is 11.7. The van der Waals surface area contributed by atoms with Crippen LogP contribution >= 0.6 is 0 Å². The number of nitrogens with two attached hydrogens (primary N) is 1. The lowest BCUT2D eigenvalue weighted by atomic mass is 9.96. The number of amides is 2. The molecular formula is C27H35N5O3. The van der Waals surface area contributed by atoms with Crippen LogP contribution in [0.2, 0.25) is 0 Å². The minimum absolute atomic E-state index is 0.0263. The zero-order valence-electron chi connectivity index (χ0n) is 20.9. The van der Waals surface area contributed by atoms with E-state index in [0.717, 1.165) is 24.0 Å². The first kappa shape index (κ1) is 26.0. The molecule has 0 spiro atoms. The Bertz CT molecular complexity index is 1110. The fourth-order valence-electron chi connectivity index (χ4n) is 3.63. The van der Waals surface area contributed by atoms with Gasteiger partial charge in [0.2, 0.25) is 0 Å². The van der Waals surface area contributed by atoms with Crippen molar-refractivity contribution in [2.24, 2.45) is 10.8 Å². The summed E-state index contributed by atoms with van der Waals surface area (Å²) in [6.07, 6.45) is 2.19. The highest BCUT2D eigenvalue weighted by Crippen LogP contribution is 2.32. The summed E-state index contributed by atoms with van der Waals surface area (Å²) >= 11 is 0. The average Bonchev–Trinajstić information content (AvgIpc) is 2.93. The van der Waals surface area contributed by atoms with Crippen LogP contribution in [-0.4, -0.2) is 42.8 Å². The van der Waals surface area contributed by atoms with Crippen LogP contribution in [0, 0.1) is 0 Å². The standard InChI is InChI=1S/C27H35N5O3/c1-18(15-20-9-7-6-8-10-20)30-31-19(2)25(33)29-22-17-35-24-12-11-21(13-14-27(3,4)28)16-23(24)32(5)26(22)34/h6-12,16,22,30H,1,13-15,17,28H2,2-5H3,(H,29,33)/b31-19+/t22-/m0/s1. The van der Waals surface area contributed by atoms with E-state index in [1.165, 1.54) is 4.90 Å². The molecule has 186 valence electrons. The van der Waals surface area contributed by atoms with E-state index in [4.69, 9.17) is 10.5 Å². The number of hydrazone groups is 1. The first-order valence-corrected chi connectivity index (χ1v) is 11.7. The summed E-state index contributed by atoms with van der Waals surface area (Å²) in [4.78, 5) is 27.3. The van der Waals surface area contributed by atoms with Crippen molar-refractivity contribution in [3.63, 3.8) is 0 Å². The van der Waals surface area contributed by atoms with Gasteiger partial charge in [0.15, 0.2) is 0 Å². The van der Waals surface area contributed by atoms with Gasteiger partial charge in [-0.25, -0.2) is 0 Å². The number of likely N-dealkylation sites (N-methyl/N-ethyl adjacent to an activating group) is 1. The molecule has 0 unspecified atom stereocenters. The van der Waals surface area contributed by atoms with Gasteiger partial charge in [0.05, 0.1) is 5.69 Å². The van der Waals surface area contributed by atoms with Crippen LogP contribution in [0.4, 0.5) is 5.69 Å². The highest BCUT2D eigenvalue weighted by atomic mass is 16.5. The minimum atomic E-state index is -0.844. The molecule has 4 N–H and O–H groups in total. The van der Waals surface area contributed by atoms with Crippen LogP contribution in [0.5, 0.6) is 5.75 Å². The number of nitrogens with zero attached hydrogens (tertiary/aromatic N) is 2. The number of carbonyl (C=O) groups is 2. The number of hydrogen-bond donors (Lipinski definition) is 3. The fraction of sp³-hybridized carbons (Fsp3) is 0.370. The molecule has 0 bridgehead atoms. The predicted molar refractivity (Wildman–Crippen MR) is 139 cm³/mol. The molecule has 0 saturated carbocycles. The number of rotatable bonds is 9. The van der Waals surface area contributed by atoms with Crippen molar-refractivity contribution in [3.8, 4) is 5.75 Å². The molecule has 1 heterocycles. The summed E-state index contributed by atoms with van der Waals surface area (Å²) in [5, 5.41) is 6.86. The number of benzene rings is 2. The second-order valence-corrected chi connectivity index (χ2v) is 9.60. The van der Waals surface area contributed by atoms with Gasteiger partial charge in [-0.2, -0.15) is 5.10 Å². The average molecular weight is 478 g/mol. The summed E-state index contributed by atoms with van der Waals surface area (Å²) < 4.78 is 5.88. The van der Waals surface area contributed by atoms with E-state index in [0.29, 0.717) is 23.6 Å². The molecule has 0 fully saturated rings. The van der Waals surface area contributed by atoms with Gasteiger partial charge < -0.3 is 20.7 Å². The second kappa shape index (κ2) is 11.2. The zero-order chi connectivity index (χ0) is 25.6. The molecule has 0 aromatic heterocycles. The van der Waals surface area contributed by atoms with Crippen molar-refractivity contribution in [1.29, 1.82) is 0 Å². The van der Waals surface area contributed by atoms with Gasteiger partial charge in [-0.3, -0.25) is 15.0 Å². The van der Waals surface area contributed by atoms with E-state index in [1.807, 2.05) is 62.4 Å². The SMILES string of the molecule is C=C(Cc1ccccc1)N/N=C(\C)C(=O)N[C@H]1COc2ccc(CCC(C)(C)N)cc2N(C)C1=O. The molecule has 0 aliphatic carbocycles. The maximum absolute atomic E-state index is 13.1. The molecule has 3 rings (SSSR count). The van der Waals surface area contributed by atoms with Crippen LogP contribution in [0.3, 0.4) is 0 Å². The Balaban J connectivity index is 1.61. The molecule has 2 amide bonds. The summed E-state index contributed by atoms with van der Waals surface area (Å²) in [5.41, 5.74) is 12.3. The van der Waals surface area contributed by atoms with Gasteiger partial charge >= 0.3 is 0 Å². The molecule has 0 radical (unpaired) electrons. The number of fused-ring (bicyclic) bond motifs is 1. The Morgan fingerprint density at radius 1 is 1.23 bits per heavy atom. The Morgan fingerprint density at radius 3 is 2.63 bits per heavy atom. The van der Waals surface area contributed by atoms with Crippen molar-refractivity contribution in [3.05, 3.63) is 71.9 Å². The van der Waals surface area contributed by atoms with Crippen molar-refractivity contribution in [2.45, 2.75) is 51.6 Å². The van der Waals surface area contributed by atoms with E-state index in [1.54, 1.807) is 14.0 Å². The number of aryl methyl sites for hydroxylation is 1. The van der Waals surface area contributed by atoms with Gasteiger partial charge in [0.25, 0.3) is 11.8 Å². The normalized spacial score (nSPS) is 16.1. The third-order valence-electron chi connectivity index (χ3n) is 5.75. The van der Waals surface area contributed by atoms with Crippen LogP contribution in [-0.2, 0) is 22.4 Å². The highest BCUT2D eigenvalue weighted by Gasteiger charge is 2.31. The largest absolute Gasteiger partial charge is 0.489 e. The van der Waals surface area contributed by atoms with Crippen molar-refractivity contribution < 1.29 is 14.3 Å². The third kappa shape index (κ3) is 7.42. The lowest BCUT2D eigenvalue weighted by molar-refractivity contribution is -0.124. The molecule has 8 nitrogen and oxygen atoms in total. The Labute approximate surface area is 207 Å². The molecule has 0 saturated heterocycles. The number of ether oxygens (including phenoxy) is 1. The molecule has 1 atom stereocenters. The maximum Gasteiger partial charge on any atom is 0.267 e. The quantitative estimate of drug-likeness (QED) is 0.380. The summed E-state index contributed by atoms with van der Waals surface area (Å²) in [6, 6.07) is 14.8. The number of hydrogen-bond acceptors (Lipinski definition) is 6. The fourth-order valence-corrected chi connectivity index (χ4v) is 3.63. The Morgan fingerprint density at radius 2 is 1.94 bits per heavy atom.